The Kier molecular flexibility index (Phi) is 3.94. The number of rotatable bonds is 4. The Bertz CT molecular complexity index is 154. The average Bonchev–Trinajstić information content (AvgIpc) is 1.78. The molecule has 0 saturated heterocycles. The van der Waals surface area contributed by atoms with Crippen molar-refractivity contribution in [1.82, 2.24) is 0 Å². The Balaban J connectivity index is 4.13. The van der Waals surface area contributed by atoms with Crippen molar-refractivity contribution in [3.63, 3.8) is 0 Å². The zero-order valence-electron chi connectivity index (χ0n) is 8.59. The van der Waals surface area contributed by atoms with Crippen LogP contribution in [0.1, 0.15) is 40.5 Å². The maximum Gasteiger partial charge on any atom is 0.0612 e. The Morgan fingerprint density at radius 2 is 1.83 bits per heavy atom. The minimum Gasteiger partial charge on any atom is -0.390 e. The Labute approximate surface area is 75.5 Å². The third kappa shape index (κ3) is 6.38. The molecule has 0 fully saturated rings. The summed E-state index contributed by atoms with van der Waals surface area (Å²) in [5, 5.41) is 9.54. The molecule has 1 atom stereocenters. The van der Waals surface area contributed by atoms with Gasteiger partial charge >= 0.3 is 0 Å². The molecule has 0 aliphatic carbocycles. The van der Waals surface area contributed by atoms with Crippen LogP contribution in [0.5, 0.6) is 0 Å². The Morgan fingerprint density at radius 3 is 2.17 bits per heavy atom. The zero-order chi connectivity index (χ0) is 9.83. The molecule has 12 heavy (non-hydrogen) atoms. The fourth-order valence-electron chi connectivity index (χ4n) is 1.38. The summed E-state index contributed by atoms with van der Waals surface area (Å²) in [7, 11) is 0. The molecule has 0 aliphatic heterocycles. The third-order valence-electron chi connectivity index (χ3n) is 1.55. The van der Waals surface area contributed by atoms with Gasteiger partial charge in [-0.05, 0) is 33.6 Å². The van der Waals surface area contributed by atoms with Crippen molar-refractivity contribution in [1.29, 1.82) is 0 Å². The predicted octanol–water partition coefficient (Wildman–Crippen LogP) is 1.83. The van der Waals surface area contributed by atoms with Crippen LogP contribution in [-0.2, 0) is 0 Å². The van der Waals surface area contributed by atoms with E-state index < -0.39 is 11.1 Å². The maximum atomic E-state index is 9.54. The monoisotopic (exact) mass is 171 g/mol. The van der Waals surface area contributed by atoms with Gasteiger partial charge in [-0.25, -0.2) is 0 Å². The summed E-state index contributed by atoms with van der Waals surface area (Å²) in [5.74, 6) is 0. The van der Waals surface area contributed by atoms with Gasteiger partial charge < -0.3 is 10.8 Å². The van der Waals surface area contributed by atoms with E-state index in [2.05, 4.69) is 6.92 Å². The van der Waals surface area contributed by atoms with Crippen molar-refractivity contribution in [3.8, 4) is 0 Å². The number of aliphatic hydroxyl groups is 1. The number of hydrogen-bond acceptors (Lipinski definition) is 2. The summed E-state index contributed by atoms with van der Waals surface area (Å²) in [6.45, 7) is 7.55. The van der Waals surface area contributed by atoms with Gasteiger partial charge in [-0.3, -0.25) is 0 Å². The molecule has 0 bridgehead atoms. The highest BCUT2D eigenvalue weighted by Gasteiger charge is 2.24. The van der Waals surface area contributed by atoms with Crippen LogP contribution in [0.4, 0.5) is 0 Å². The van der Waals surface area contributed by atoms with E-state index in [1.807, 2.05) is 19.1 Å². The Morgan fingerprint density at radius 1 is 1.33 bits per heavy atom. The van der Waals surface area contributed by atoms with Gasteiger partial charge in [-0.1, -0.05) is 19.1 Å². The van der Waals surface area contributed by atoms with E-state index in [0.717, 1.165) is 6.42 Å². The van der Waals surface area contributed by atoms with Crippen LogP contribution >= 0.6 is 0 Å². The number of allylic oxidation sites excluding steroid dienone is 1. The second-order valence-electron chi connectivity index (χ2n) is 4.31. The lowest BCUT2D eigenvalue weighted by Gasteiger charge is -2.28. The lowest BCUT2D eigenvalue weighted by atomic mass is 9.88. The van der Waals surface area contributed by atoms with E-state index in [9.17, 15) is 5.11 Å². The standard InChI is InChI=1S/C10H21NO/c1-5-6-7-10(4,11)8-9(2,3)12/h6-7,12H,5,8,11H2,1-4H3/b7-6+. The van der Waals surface area contributed by atoms with Crippen LogP contribution in [0.3, 0.4) is 0 Å². The first-order chi connectivity index (χ1) is 5.27. The largest absolute Gasteiger partial charge is 0.390 e. The fourth-order valence-corrected chi connectivity index (χ4v) is 1.38. The van der Waals surface area contributed by atoms with E-state index in [1.165, 1.54) is 0 Å². The van der Waals surface area contributed by atoms with Gasteiger partial charge in [0.2, 0.25) is 0 Å². The van der Waals surface area contributed by atoms with Gasteiger partial charge in [0.05, 0.1) is 5.60 Å². The van der Waals surface area contributed by atoms with Gasteiger partial charge in [0.25, 0.3) is 0 Å². The van der Waals surface area contributed by atoms with Crippen LogP contribution in [-0.4, -0.2) is 16.2 Å². The van der Waals surface area contributed by atoms with Crippen molar-refractivity contribution < 1.29 is 5.11 Å². The minimum absolute atomic E-state index is 0.395. The molecule has 0 aromatic carbocycles. The molecule has 0 radical (unpaired) electrons. The van der Waals surface area contributed by atoms with E-state index >= 15 is 0 Å². The second-order valence-corrected chi connectivity index (χ2v) is 4.31. The lowest BCUT2D eigenvalue weighted by Crippen LogP contribution is -2.41. The highest BCUT2D eigenvalue weighted by Crippen LogP contribution is 2.18. The zero-order valence-corrected chi connectivity index (χ0v) is 8.59. The van der Waals surface area contributed by atoms with Crippen LogP contribution < -0.4 is 5.73 Å². The van der Waals surface area contributed by atoms with E-state index in [4.69, 9.17) is 5.73 Å². The van der Waals surface area contributed by atoms with Crippen LogP contribution in [0, 0.1) is 0 Å². The molecule has 0 saturated carbocycles. The molecule has 2 heteroatoms. The highest BCUT2D eigenvalue weighted by atomic mass is 16.3. The normalized spacial score (nSPS) is 18.2. The summed E-state index contributed by atoms with van der Waals surface area (Å²) >= 11 is 0. The molecule has 0 aromatic heterocycles. The maximum absolute atomic E-state index is 9.54. The van der Waals surface area contributed by atoms with Gasteiger partial charge in [0.15, 0.2) is 0 Å². The van der Waals surface area contributed by atoms with Crippen molar-refractivity contribution in [2.45, 2.75) is 51.7 Å². The first kappa shape index (κ1) is 11.7. The molecule has 72 valence electrons. The Hall–Kier alpha value is -0.340. The van der Waals surface area contributed by atoms with Crippen LogP contribution in [0.15, 0.2) is 12.2 Å². The second kappa shape index (κ2) is 4.06. The summed E-state index contributed by atoms with van der Waals surface area (Å²) in [4.78, 5) is 0. The molecule has 3 N–H and O–H groups in total. The van der Waals surface area contributed by atoms with Crippen molar-refractivity contribution in [3.05, 3.63) is 12.2 Å². The van der Waals surface area contributed by atoms with Gasteiger partial charge in [-0.2, -0.15) is 0 Å². The molecule has 0 aromatic rings. The quantitative estimate of drug-likeness (QED) is 0.634. The average molecular weight is 171 g/mol. The summed E-state index contributed by atoms with van der Waals surface area (Å²) in [6, 6.07) is 0. The highest BCUT2D eigenvalue weighted by molar-refractivity contribution is 5.03. The SMILES string of the molecule is CC/C=C/C(C)(N)CC(C)(C)O. The molecular weight excluding hydrogens is 150 g/mol. The van der Waals surface area contributed by atoms with Crippen LogP contribution in [0.2, 0.25) is 0 Å². The smallest absolute Gasteiger partial charge is 0.0612 e. The van der Waals surface area contributed by atoms with E-state index in [0.29, 0.717) is 6.42 Å². The lowest BCUT2D eigenvalue weighted by molar-refractivity contribution is 0.0561. The van der Waals surface area contributed by atoms with Gasteiger partial charge in [0, 0.05) is 5.54 Å². The van der Waals surface area contributed by atoms with Crippen molar-refractivity contribution in [2.24, 2.45) is 5.73 Å². The summed E-state index contributed by atoms with van der Waals surface area (Å²) in [5.41, 5.74) is 4.85. The molecule has 0 spiro atoms. The summed E-state index contributed by atoms with van der Waals surface area (Å²) in [6.07, 6.45) is 5.56. The van der Waals surface area contributed by atoms with E-state index in [1.54, 1.807) is 13.8 Å². The first-order valence-electron chi connectivity index (χ1n) is 4.46. The van der Waals surface area contributed by atoms with Gasteiger partial charge in [0.1, 0.15) is 0 Å². The molecule has 2 nitrogen and oxygen atoms in total. The number of nitrogens with two attached hydrogens (primary N) is 1. The topological polar surface area (TPSA) is 46.2 Å². The molecular formula is C10H21NO. The van der Waals surface area contributed by atoms with Crippen molar-refractivity contribution >= 4 is 0 Å². The predicted molar refractivity (Wildman–Crippen MR) is 52.9 cm³/mol. The summed E-state index contributed by atoms with van der Waals surface area (Å²) < 4.78 is 0. The minimum atomic E-state index is -0.693. The fraction of sp³-hybridized carbons (Fsp3) is 0.800. The molecule has 0 amide bonds. The third-order valence-corrected chi connectivity index (χ3v) is 1.55. The molecule has 1 unspecified atom stereocenters. The van der Waals surface area contributed by atoms with Crippen molar-refractivity contribution in [2.75, 3.05) is 0 Å². The van der Waals surface area contributed by atoms with Crippen LogP contribution in [0.25, 0.3) is 0 Å². The molecule has 0 heterocycles. The van der Waals surface area contributed by atoms with E-state index in [-0.39, 0.29) is 0 Å². The molecule has 0 aliphatic rings. The number of hydrogen-bond donors (Lipinski definition) is 2. The molecule has 0 rings (SSSR count). The first-order valence-corrected chi connectivity index (χ1v) is 4.46. The van der Waals surface area contributed by atoms with Gasteiger partial charge in [-0.15, -0.1) is 0 Å².